The van der Waals surface area contributed by atoms with Crippen LogP contribution in [0.2, 0.25) is 0 Å². The minimum atomic E-state index is -0.367. The molecule has 0 aromatic carbocycles. The van der Waals surface area contributed by atoms with E-state index >= 15 is 0 Å². The lowest BCUT2D eigenvalue weighted by molar-refractivity contribution is -0.153. The molecule has 0 heterocycles. The Morgan fingerprint density at radius 2 is 2.00 bits per heavy atom. The second-order valence-corrected chi connectivity index (χ2v) is 5.31. The summed E-state index contributed by atoms with van der Waals surface area (Å²) in [6.45, 7) is 8.34. The van der Waals surface area contributed by atoms with Crippen LogP contribution < -0.4 is 0 Å². The van der Waals surface area contributed by atoms with Crippen LogP contribution in [0.4, 0.5) is 0 Å². The molecule has 0 radical (unpaired) electrons. The predicted octanol–water partition coefficient (Wildman–Crippen LogP) is 3.04. The number of esters is 1. The zero-order valence-electron chi connectivity index (χ0n) is 8.89. The van der Waals surface area contributed by atoms with E-state index in [1.807, 2.05) is 20.8 Å². The molecule has 0 saturated heterocycles. The molecule has 0 fully saturated rings. The normalized spacial score (nSPS) is 13.9. The number of carbonyl (C=O) groups excluding carboxylic acids is 1. The van der Waals surface area contributed by atoms with E-state index in [-0.39, 0.29) is 11.4 Å². The first-order valence-corrected chi connectivity index (χ1v) is 6.13. The van der Waals surface area contributed by atoms with Crippen molar-refractivity contribution in [3.05, 3.63) is 0 Å². The highest BCUT2D eigenvalue weighted by Gasteiger charge is 2.22. The first-order valence-electron chi connectivity index (χ1n) is 4.61. The average molecular weight is 298 g/mol. The molecule has 0 amide bonds. The lowest BCUT2D eigenvalue weighted by atomic mass is 9.97. The van der Waals surface area contributed by atoms with Gasteiger partial charge in [0.15, 0.2) is 0 Å². The molecule has 78 valence electrons. The van der Waals surface area contributed by atoms with Crippen molar-refractivity contribution in [1.82, 2.24) is 0 Å². The summed E-state index contributed by atoms with van der Waals surface area (Å²) >= 11 is 2.35. The monoisotopic (exact) mass is 298 g/mol. The second-order valence-electron chi connectivity index (χ2n) is 4.43. The molecule has 13 heavy (non-hydrogen) atoms. The van der Waals surface area contributed by atoms with Crippen LogP contribution >= 0.6 is 22.6 Å². The summed E-state index contributed by atoms with van der Waals surface area (Å²) in [5, 5.41) is 0. The summed E-state index contributed by atoms with van der Waals surface area (Å²) in [5.74, 6) is 0.529. The van der Waals surface area contributed by atoms with Crippen LogP contribution in [0.1, 0.15) is 34.1 Å². The van der Waals surface area contributed by atoms with E-state index in [1.165, 1.54) is 0 Å². The number of hydrogen-bond donors (Lipinski definition) is 0. The zero-order chi connectivity index (χ0) is 10.5. The van der Waals surface area contributed by atoms with Crippen LogP contribution in [-0.2, 0) is 9.53 Å². The molecule has 0 aliphatic heterocycles. The molecule has 1 atom stereocenters. The van der Waals surface area contributed by atoms with E-state index in [9.17, 15) is 4.79 Å². The minimum absolute atomic E-state index is 0.104. The maximum atomic E-state index is 11.3. The van der Waals surface area contributed by atoms with Crippen LogP contribution in [0.15, 0.2) is 0 Å². The van der Waals surface area contributed by atoms with E-state index in [0.717, 1.165) is 10.8 Å². The maximum absolute atomic E-state index is 11.3. The molecule has 0 rings (SSSR count). The Morgan fingerprint density at radius 1 is 1.46 bits per heavy atom. The maximum Gasteiger partial charge on any atom is 0.311 e. The molecule has 0 aromatic heterocycles. The van der Waals surface area contributed by atoms with Gasteiger partial charge in [0.1, 0.15) is 0 Å². The van der Waals surface area contributed by atoms with Crippen molar-refractivity contribution in [2.45, 2.75) is 34.1 Å². The molecular weight excluding hydrogens is 279 g/mol. The quantitative estimate of drug-likeness (QED) is 0.453. The fourth-order valence-electron chi connectivity index (χ4n) is 0.646. The molecule has 0 saturated carbocycles. The third kappa shape index (κ3) is 6.29. The molecule has 0 aromatic rings. The highest BCUT2D eigenvalue weighted by atomic mass is 127. The van der Waals surface area contributed by atoms with Crippen molar-refractivity contribution >= 4 is 28.6 Å². The molecule has 0 spiro atoms. The summed E-state index contributed by atoms with van der Waals surface area (Å²) < 4.78 is 6.25. The van der Waals surface area contributed by atoms with Gasteiger partial charge in [-0.3, -0.25) is 4.79 Å². The Balaban J connectivity index is 3.60. The lowest BCUT2D eigenvalue weighted by Gasteiger charge is -2.17. The molecule has 3 heteroatoms. The molecule has 0 bridgehead atoms. The van der Waals surface area contributed by atoms with Crippen molar-refractivity contribution in [3.63, 3.8) is 0 Å². The van der Waals surface area contributed by atoms with Crippen LogP contribution in [0, 0.1) is 11.3 Å². The number of alkyl halides is 1. The van der Waals surface area contributed by atoms with Crippen molar-refractivity contribution in [1.29, 1.82) is 0 Å². The number of halogens is 1. The number of rotatable bonds is 4. The largest absolute Gasteiger partial charge is 0.465 e. The van der Waals surface area contributed by atoms with Crippen LogP contribution in [-0.4, -0.2) is 17.0 Å². The predicted molar refractivity (Wildman–Crippen MR) is 63.1 cm³/mol. The van der Waals surface area contributed by atoms with Gasteiger partial charge in [0.2, 0.25) is 0 Å². The SMILES string of the molecule is CC(CI)CCOC(=O)C(C)(C)C. The molecule has 1 unspecified atom stereocenters. The highest BCUT2D eigenvalue weighted by molar-refractivity contribution is 14.1. The molecule has 0 N–H and O–H groups in total. The highest BCUT2D eigenvalue weighted by Crippen LogP contribution is 2.16. The molecular formula is C10H19IO2. The fraction of sp³-hybridized carbons (Fsp3) is 0.900. The van der Waals surface area contributed by atoms with E-state index < -0.39 is 0 Å². The van der Waals surface area contributed by atoms with Gasteiger partial charge in [0.25, 0.3) is 0 Å². The number of hydrogen-bond acceptors (Lipinski definition) is 2. The van der Waals surface area contributed by atoms with Crippen LogP contribution in [0.25, 0.3) is 0 Å². The van der Waals surface area contributed by atoms with Crippen LogP contribution in [0.5, 0.6) is 0 Å². The van der Waals surface area contributed by atoms with Gasteiger partial charge < -0.3 is 4.74 Å². The van der Waals surface area contributed by atoms with Gasteiger partial charge in [-0.2, -0.15) is 0 Å². The Hall–Kier alpha value is 0.200. The number of carbonyl (C=O) groups is 1. The van der Waals surface area contributed by atoms with Gasteiger partial charge in [0, 0.05) is 4.43 Å². The molecule has 0 aliphatic carbocycles. The van der Waals surface area contributed by atoms with Crippen LogP contribution in [0.3, 0.4) is 0 Å². The van der Waals surface area contributed by atoms with Crippen molar-refractivity contribution in [2.24, 2.45) is 11.3 Å². The topological polar surface area (TPSA) is 26.3 Å². The summed E-state index contributed by atoms with van der Waals surface area (Å²) in [5.41, 5.74) is -0.367. The third-order valence-electron chi connectivity index (χ3n) is 1.72. The van der Waals surface area contributed by atoms with Crippen molar-refractivity contribution < 1.29 is 9.53 Å². The van der Waals surface area contributed by atoms with E-state index in [1.54, 1.807) is 0 Å². The summed E-state index contributed by atoms with van der Waals surface area (Å²) in [7, 11) is 0. The summed E-state index contributed by atoms with van der Waals surface area (Å²) in [6, 6.07) is 0. The molecule has 2 nitrogen and oxygen atoms in total. The van der Waals surface area contributed by atoms with Gasteiger partial charge in [-0.15, -0.1) is 0 Å². The summed E-state index contributed by atoms with van der Waals surface area (Å²) in [6.07, 6.45) is 0.963. The van der Waals surface area contributed by atoms with Gasteiger partial charge in [-0.25, -0.2) is 0 Å². The Morgan fingerprint density at radius 3 is 2.38 bits per heavy atom. The van der Waals surface area contributed by atoms with Gasteiger partial charge in [0.05, 0.1) is 12.0 Å². The lowest BCUT2D eigenvalue weighted by Crippen LogP contribution is -2.23. The number of ether oxygens (including phenoxy) is 1. The third-order valence-corrected chi connectivity index (χ3v) is 3.22. The van der Waals surface area contributed by atoms with E-state index in [2.05, 4.69) is 29.5 Å². The second kappa shape index (κ2) is 5.83. The van der Waals surface area contributed by atoms with E-state index in [0.29, 0.717) is 12.5 Å². The standard InChI is InChI=1S/C10H19IO2/c1-8(7-11)5-6-13-9(12)10(2,3)4/h8H,5-7H2,1-4H3. The summed E-state index contributed by atoms with van der Waals surface area (Å²) in [4.78, 5) is 11.3. The molecule has 0 aliphatic rings. The van der Waals surface area contributed by atoms with Gasteiger partial charge in [-0.1, -0.05) is 29.5 Å². The fourth-order valence-corrected chi connectivity index (χ4v) is 1.09. The van der Waals surface area contributed by atoms with Crippen molar-refractivity contribution in [3.8, 4) is 0 Å². The Kier molecular flexibility index (Phi) is 5.92. The average Bonchev–Trinajstić information content (AvgIpc) is 2.02. The van der Waals surface area contributed by atoms with Gasteiger partial charge in [-0.05, 0) is 33.1 Å². The first kappa shape index (κ1) is 13.2. The zero-order valence-corrected chi connectivity index (χ0v) is 11.1. The first-order chi connectivity index (χ1) is 5.88. The van der Waals surface area contributed by atoms with Gasteiger partial charge >= 0.3 is 5.97 Å². The minimum Gasteiger partial charge on any atom is -0.465 e. The van der Waals surface area contributed by atoms with Crippen molar-refractivity contribution in [2.75, 3.05) is 11.0 Å². The smallest absolute Gasteiger partial charge is 0.311 e. The Labute approximate surface area is 94.6 Å². The Bertz CT molecular complexity index is 161. The van der Waals surface area contributed by atoms with E-state index in [4.69, 9.17) is 4.74 Å².